The Balaban J connectivity index is 2.18. The third-order valence-corrected chi connectivity index (χ3v) is 3.71. The van der Waals surface area contributed by atoms with E-state index < -0.39 is 12.0 Å². The van der Waals surface area contributed by atoms with Crippen molar-refractivity contribution in [2.45, 2.75) is 24.8 Å². The van der Waals surface area contributed by atoms with Gasteiger partial charge in [0.2, 0.25) is 5.91 Å². The molecule has 0 saturated carbocycles. The van der Waals surface area contributed by atoms with E-state index in [0.29, 0.717) is 19.6 Å². The van der Waals surface area contributed by atoms with E-state index >= 15 is 0 Å². The third-order valence-electron chi connectivity index (χ3n) is 3.71. The SMILES string of the molecule is COCCC(N)C(=O)N1CC(CC(=O)O)c2ccccc21. The van der Waals surface area contributed by atoms with Crippen LogP contribution in [-0.4, -0.2) is 43.3 Å². The van der Waals surface area contributed by atoms with Gasteiger partial charge in [0.15, 0.2) is 0 Å². The number of benzene rings is 1. The number of amides is 1. The molecule has 2 atom stereocenters. The lowest BCUT2D eigenvalue weighted by Gasteiger charge is -2.21. The molecule has 3 N–H and O–H groups in total. The summed E-state index contributed by atoms with van der Waals surface area (Å²) in [6.07, 6.45) is 0.450. The molecule has 6 nitrogen and oxygen atoms in total. The summed E-state index contributed by atoms with van der Waals surface area (Å²) in [6, 6.07) is 6.76. The van der Waals surface area contributed by atoms with Crippen LogP contribution in [0.25, 0.3) is 0 Å². The van der Waals surface area contributed by atoms with Crippen molar-refractivity contribution in [3.8, 4) is 0 Å². The van der Waals surface area contributed by atoms with Crippen molar-refractivity contribution in [3.05, 3.63) is 29.8 Å². The molecule has 1 heterocycles. The van der Waals surface area contributed by atoms with Crippen LogP contribution in [0.1, 0.15) is 24.3 Å². The van der Waals surface area contributed by atoms with Crippen molar-refractivity contribution in [2.75, 3.05) is 25.2 Å². The van der Waals surface area contributed by atoms with Gasteiger partial charge in [0.1, 0.15) is 0 Å². The fraction of sp³-hybridized carbons (Fsp3) is 0.467. The average molecular weight is 292 g/mol. The molecule has 1 aliphatic rings. The third kappa shape index (κ3) is 3.40. The molecule has 6 heteroatoms. The van der Waals surface area contributed by atoms with Crippen molar-refractivity contribution in [2.24, 2.45) is 5.73 Å². The number of carbonyl (C=O) groups is 2. The van der Waals surface area contributed by atoms with Gasteiger partial charge in [-0.1, -0.05) is 18.2 Å². The highest BCUT2D eigenvalue weighted by atomic mass is 16.5. The second kappa shape index (κ2) is 6.69. The zero-order chi connectivity index (χ0) is 15.4. The van der Waals surface area contributed by atoms with Crippen LogP contribution >= 0.6 is 0 Å². The number of carboxylic acid groups (broad SMARTS) is 1. The molecule has 1 aromatic rings. The van der Waals surface area contributed by atoms with Gasteiger partial charge < -0.3 is 20.5 Å². The van der Waals surface area contributed by atoms with E-state index in [0.717, 1.165) is 11.3 Å². The van der Waals surface area contributed by atoms with Crippen molar-refractivity contribution in [1.29, 1.82) is 0 Å². The molecule has 1 aromatic carbocycles. The summed E-state index contributed by atoms with van der Waals surface area (Å²) >= 11 is 0. The van der Waals surface area contributed by atoms with Gasteiger partial charge in [-0.25, -0.2) is 0 Å². The molecule has 1 amide bonds. The van der Waals surface area contributed by atoms with Crippen LogP contribution in [0.15, 0.2) is 24.3 Å². The number of carboxylic acids is 1. The van der Waals surface area contributed by atoms with E-state index in [9.17, 15) is 9.59 Å². The Morgan fingerprint density at radius 2 is 2.19 bits per heavy atom. The van der Waals surface area contributed by atoms with Gasteiger partial charge in [0, 0.05) is 31.9 Å². The minimum Gasteiger partial charge on any atom is -0.481 e. The monoisotopic (exact) mass is 292 g/mol. The highest BCUT2D eigenvalue weighted by Crippen LogP contribution is 2.38. The first kappa shape index (κ1) is 15.5. The number of para-hydroxylation sites is 1. The van der Waals surface area contributed by atoms with E-state index in [1.54, 1.807) is 12.0 Å². The highest BCUT2D eigenvalue weighted by Gasteiger charge is 2.34. The molecule has 0 spiro atoms. The van der Waals surface area contributed by atoms with E-state index in [1.807, 2.05) is 24.3 Å². The van der Waals surface area contributed by atoms with E-state index in [1.165, 1.54) is 0 Å². The standard InChI is InChI=1S/C15H20N2O4/c1-21-7-6-12(16)15(20)17-9-10(8-14(18)19)11-4-2-3-5-13(11)17/h2-5,10,12H,6-9,16H2,1H3,(H,18,19). The van der Waals surface area contributed by atoms with Crippen LogP contribution in [0.4, 0.5) is 5.69 Å². The van der Waals surface area contributed by atoms with Crippen LogP contribution < -0.4 is 10.6 Å². The van der Waals surface area contributed by atoms with Gasteiger partial charge >= 0.3 is 5.97 Å². The highest BCUT2D eigenvalue weighted by molar-refractivity contribution is 5.99. The predicted molar refractivity (Wildman–Crippen MR) is 78.3 cm³/mol. The van der Waals surface area contributed by atoms with Crippen LogP contribution in [0.5, 0.6) is 0 Å². The number of hydrogen-bond acceptors (Lipinski definition) is 4. The summed E-state index contributed by atoms with van der Waals surface area (Å²) in [5.41, 5.74) is 7.56. The quantitative estimate of drug-likeness (QED) is 0.814. The van der Waals surface area contributed by atoms with Crippen molar-refractivity contribution in [1.82, 2.24) is 0 Å². The Morgan fingerprint density at radius 1 is 1.48 bits per heavy atom. The molecule has 0 bridgehead atoms. The molecule has 0 fully saturated rings. The number of nitrogens with two attached hydrogens (primary N) is 1. The Hall–Kier alpha value is -1.92. The molecule has 1 aliphatic heterocycles. The van der Waals surface area contributed by atoms with Crippen LogP contribution in [0.3, 0.4) is 0 Å². The summed E-state index contributed by atoms with van der Waals surface area (Å²) in [4.78, 5) is 25.0. The van der Waals surface area contributed by atoms with Crippen molar-refractivity contribution >= 4 is 17.6 Å². The molecule has 0 radical (unpaired) electrons. The number of nitrogens with zero attached hydrogens (tertiary/aromatic N) is 1. The number of ether oxygens (including phenoxy) is 1. The summed E-state index contributed by atoms with van der Waals surface area (Å²) in [6.45, 7) is 0.784. The second-order valence-electron chi connectivity index (χ2n) is 5.19. The summed E-state index contributed by atoms with van der Waals surface area (Å²) in [5.74, 6) is -1.24. The predicted octanol–water partition coefficient (Wildman–Crippen LogP) is 0.955. The Morgan fingerprint density at radius 3 is 2.86 bits per heavy atom. The van der Waals surface area contributed by atoms with Gasteiger partial charge in [-0.15, -0.1) is 0 Å². The van der Waals surface area contributed by atoms with E-state index in [-0.39, 0.29) is 18.2 Å². The largest absolute Gasteiger partial charge is 0.481 e. The Kier molecular flexibility index (Phi) is 4.93. The maximum Gasteiger partial charge on any atom is 0.304 e. The number of hydrogen-bond donors (Lipinski definition) is 2. The molecule has 114 valence electrons. The number of methoxy groups -OCH3 is 1. The molecular formula is C15H20N2O4. The molecular weight excluding hydrogens is 272 g/mol. The van der Waals surface area contributed by atoms with Crippen molar-refractivity contribution in [3.63, 3.8) is 0 Å². The minimum absolute atomic E-state index is 0.00804. The second-order valence-corrected chi connectivity index (χ2v) is 5.19. The minimum atomic E-state index is -0.868. The first-order valence-electron chi connectivity index (χ1n) is 6.91. The van der Waals surface area contributed by atoms with Gasteiger partial charge in [0.25, 0.3) is 0 Å². The molecule has 0 aromatic heterocycles. The zero-order valence-corrected chi connectivity index (χ0v) is 12.0. The van der Waals surface area contributed by atoms with Crippen LogP contribution in [0, 0.1) is 0 Å². The lowest BCUT2D eigenvalue weighted by Crippen LogP contribution is -2.44. The fourth-order valence-corrected chi connectivity index (χ4v) is 2.66. The maximum absolute atomic E-state index is 12.4. The molecule has 2 unspecified atom stereocenters. The molecule has 0 aliphatic carbocycles. The van der Waals surface area contributed by atoms with Crippen LogP contribution in [0.2, 0.25) is 0 Å². The Bertz CT molecular complexity index is 532. The van der Waals surface area contributed by atoms with Gasteiger partial charge in [-0.3, -0.25) is 9.59 Å². The topological polar surface area (TPSA) is 92.9 Å². The number of anilines is 1. The molecule has 0 saturated heterocycles. The smallest absolute Gasteiger partial charge is 0.304 e. The van der Waals surface area contributed by atoms with Gasteiger partial charge in [-0.05, 0) is 18.1 Å². The van der Waals surface area contributed by atoms with Gasteiger partial charge in [-0.2, -0.15) is 0 Å². The molecule has 2 rings (SSSR count). The summed E-state index contributed by atoms with van der Waals surface area (Å²) in [7, 11) is 1.56. The lowest BCUT2D eigenvalue weighted by atomic mass is 9.98. The zero-order valence-electron chi connectivity index (χ0n) is 12.0. The number of fused-ring (bicyclic) bond motifs is 1. The van der Waals surface area contributed by atoms with Crippen LogP contribution in [-0.2, 0) is 14.3 Å². The first-order chi connectivity index (χ1) is 10.0. The Labute approximate surface area is 123 Å². The first-order valence-corrected chi connectivity index (χ1v) is 6.91. The van der Waals surface area contributed by atoms with Crippen molar-refractivity contribution < 1.29 is 19.4 Å². The average Bonchev–Trinajstić information content (AvgIpc) is 2.82. The lowest BCUT2D eigenvalue weighted by molar-refractivity contribution is -0.137. The maximum atomic E-state index is 12.4. The van der Waals surface area contributed by atoms with E-state index in [4.69, 9.17) is 15.6 Å². The van der Waals surface area contributed by atoms with Gasteiger partial charge in [0.05, 0.1) is 12.5 Å². The number of carbonyl (C=O) groups excluding carboxylic acids is 1. The summed E-state index contributed by atoms with van der Waals surface area (Å²) in [5, 5.41) is 9.00. The molecule has 21 heavy (non-hydrogen) atoms. The summed E-state index contributed by atoms with van der Waals surface area (Å²) < 4.78 is 4.94. The number of aliphatic carboxylic acids is 1. The fourth-order valence-electron chi connectivity index (χ4n) is 2.66. The normalized spacial score (nSPS) is 18.4. The number of rotatable bonds is 6. The van der Waals surface area contributed by atoms with E-state index in [2.05, 4.69) is 0 Å².